The summed E-state index contributed by atoms with van der Waals surface area (Å²) < 4.78 is 27.4. The second kappa shape index (κ2) is 8.78. The third-order valence-electron chi connectivity index (χ3n) is 3.20. The van der Waals surface area contributed by atoms with Crippen molar-refractivity contribution in [3.63, 3.8) is 0 Å². The molecule has 0 radical (unpaired) electrons. The number of aliphatic hydroxyl groups excluding tert-OH is 1. The summed E-state index contributed by atoms with van der Waals surface area (Å²) in [4.78, 5) is 0.211. The minimum atomic E-state index is -3.53. The van der Waals surface area contributed by atoms with Crippen LogP contribution in [0.1, 0.15) is 45.3 Å². The minimum Gasteiger partial charge on any atom is -0.388 e. The van der Waals surface area contributed by atoms with E-state index in [9.17, 15) is 13.5 Å². The Kier molecular flexibility index (Phi) is 7.73. The number of nitrogens with one attached hydrogen (secondary N) is 1. The lowest BCUT2D eigenvalue weighted by Crippen LogP contribution is -2.33. The van der Waals surface area contributed by atoms with E-state index in [2.05, 4.69) is 11.6 Å². The molecule has 120 valence electrons. The van der Waals surface area contributed by atoms with E-state index in [-0.39, 0.29) is 10.9 Å². The molecular formula is C15H25NO3S2. The topological polar surface area (TPSA) is 66.4 Å². The van der Waals surface area contributed by atoms with Gasteiger partial charge in [-0.25, -0.2) is 13.1 Å². The molecule has 21 heavy (non-hydrogen) atoms. The predicted octanol–water partition coefficient (Wildman–Crippen LogP) is 2.94. The van der Waals surface area contributed by atoms with Gasteiger partial charge in [0.2, 0.25) is 10.0 Å². The molecule has 0 fully saturated rings. The van der Waals surface area contributed by atoms with E-state index in [0.29, 0.717) is 12.0 Å². The summed E-state index contributed by atoms with van der Waals surface area (Å²) in [6.45, 7) is 5.82. The predicted molar refractivity (Wildman–Crippen MR) is 89.1 cm³/mol. The molecule has 1 aromatic carbocycles. The molecule has 0 aliphatic rings. The summed E-state index contributed by atoms with van der Waals surface area (Å²) in [5.74, 6) is 1.98. The lowest BCUT2D eigenvalue weighted by Gasteiger charge is -2.15. The number of aliphatic hydroxyl groups is 1. The SMILES string of the molecule is CCSCCC(C)NS(=O)(=O)c1cccc(C(O)CC)c1. The molecule has 2 N–H and O–H groups in total. The summed E-state index contributed by atoms with van der Waals surface area (Å²) in [5.41, 5.74) is 0.634. The van der Waals surface area contributed by atoms with Gasteiger partial charge in [0.15, 0.2) is 0 Å². The fraction of sp³-hybridized carbons (Fsp3) is 0.600. The highest BCUT2D eigenvalue weighted by Gasteiger charge is 2.18. The highest BCUT2D eigenvalue weighted by molar-refractivity contribution is 7.99. The smallest absolute Gasteiger partial charge is 0.240 e. The highest BCUT2D eigenvalue weighted by Crippen LogP contribution is 2.20. The number of hydrogen-bond acceptors (Lipinski definition) is 4. The van der Waals surface area contributed by atoms with Crippen LogP contribution in [-0.2, 0) is 10.0 Å². The summed E-state index contributed by atoms with van der Waals surface area (Å²) in [6, 6.07) is 6.41. The van der Waals surface area contributed by atoms with E-state index >= 15 is 0 Å². The van der Waals surface area contributed by atoms with Gasteiger partial charge >= 0.3 is 0 Å². The first-order chi connectivity index (χ1) is 9.90. The van der Waals surface area contributed by atoms with E-state index in [0.717, 1.165) is 17.9 Å². The van der Waals surface area contributed by atoms with Crippen LogP contribution in [0.3, 0.4) is 0 Å². The fourth-order valence-electron chi connectivity index (χ4n) is 1.92. The van der Waals surface area contributed by atoms with Crippen molar-refractivity contribution in [3.8, 4) is 0 Å². The Morgan fingerprint density at radius 3 is 2.67 bits per heavy atom. The van der Waals surface area contributed by atoms with Gasteiger partial charge in [-0.1, -0.05) is 26.0 Å². The van der Waals surface area contributed by atoms with Crippen LogP contribution in [0.25, 0.3) is 0 Å². The molecule has 4 nitrogen and oxygen atoms in total. The fourth-order valence-corrected chi connectivity index (χ4v) is 4.06. The van der Waals surface area contributed by atoms with Crippen molar-refractivity contribution in [3.05, 3.63) is 29.8 Å². The molecule has 0 aliphatic heterocycles. The summed E-state index contributed by atoms with van der Waals surface area (Å²) in [7, 11) is -3.53. The third-order valence-corrected chi connectivity index (χ3v) is 5.72. The quantitative estimate of drug-likeness (QED) is 0.683. The Hall–Kier alpha value is -0.560. The monoisotopic (exact) mass is 331 g/mol. The maximum Gasteiger partial charge on any atom is 0.240 e. The van der Waals surface area contributed by atoms with Gasteiger partial charge in [-0.3, -0.25) is 0 Å². The molecule has 0 aromatic heterocycles. The van der Waals surface area contributed by atoms with E-state index in [1.807, 2.05) is 13.8 Å². The van der Waals surface area contributed by atoms with Crippen LogP contribution in [0.2, 0.25) is 0 Å². The van der Waals surface area contributed by atoms with Gasteiger partial charge < -0.3 is 5.11 Å². The number of benzene rings is 1. The summed E-state index contributed by atoms with van der Waals surface area (Å²) in [5, 5.41) is 9.83. The molecule has 1 aromatic rings. The average Bonchev–Trinajstić information content (AvgIpc) is 2.46. The second-order valence-electron chi connectivity index (χ2n) is 5.00. The van der Waals surface area contributed by atoms with Gasteiger partial charge in [-0.05, 0) is 49.0 Å². The maximum atomic E-state index is 12.3. The van der Waals surface area contributed by atoms with E-state index in [4.69, 9.17) is 0 Å². The highest BCUT2D eigenvalue weighted by atomic mass is 32.2. The molecule has 0 aliphatic carbocycles. The first kappa shape index (κ1) is 18.5. The van der Waals surface area contributed by atoms with Crippen LogP contribution < -0.4 is 4.72 Å². The molecule has 0 bridgehead atoms. The Morgan fingerprint density at radius 1 is 1.33 bits per heavy atom. The van der Waals surface area contributed by atoms with Crippen molar-refractivity contribution in [2.45, 2.75) is 50.7 Å². The lowest BCUT2D eigenvalue weighted by molar-refractivity contribution is 0.173. The molecule has 1 rings (SSSR count). The number of hydrogen-bond donors (Lipinski definition) is 2. The van der Waals surface area contributed by atoms with Crippen molar-refractivity contribution < 1.29 is 13.5 Å². The van der Waals surface area contributed by atoms with Crippen LogP contribution in [0.4, 0.5) is 0 Å². The molecule has 0 spiro atoms. The third kappa shape index (κ3) is 5.98. The van der Waals surface area contributed by atoms with Gasteiger partial charge in [0.25, 0.3) is 0 Å². The van der Waals surface area contributed by atoms with Gasteiger partial charge in [0.05, 0.1) is 11.0 Å². The molecule has 6 heteroatoms. The van der Waals surface area contributed by atoms with Gasteiger partial charge in [0.1, 0.15) is 0 Å². The van der Waals surface area contributed by atoms with Crippen molar-refractivity contribution in [2.24, 2.45) is 0 Å². The van der Waals surface area contributed by atoms with Crippen molar-refractivity contribution in [1.82, 2.24) is 4.72 Å². The van der Waals surface area contributed by atoms with Gasteiger partial charge in [-0.2, -0.15) is 11.8 Å². The lowest BCUT2D eigenvalue weighted by atomic mass is 10.1. The average molecular weight is 332 g/mol. The Balaban J connectivity index is 2.78. The Morgan fingerprint density at radius 2 is 2.05 bits per heavy atom. The minimum absolute atomic E-state index is 0.103. The van der Waals surface area contributed by atoms with Crippen molar-refractivity contribution in [2.75, 3.05) is 11.5 Å². The van der Waals surface area contributed by atoms with Crippen LogP contribution in [0.5, 0.6) is 0 Å². The normalized spacial score (nSPS) is 14.9. The van der Waals surface area contributed by atoms with E-state index in [1.54, 1.807) is 36.0 Å². The van der Waals surface area contributed by atoms with Crippen molar-refractivity contribution >= 4 is 21.8 Å². The summed E-state index contributed by atoms with van der Waals surface area (Å²) in [6.07, 6.45) is 0.731. The Labute approximate surface area is 132 Å². The van der Waals surface area contributed by atoms with Crippen molar-refractivity contribution in [1.29, 1.82) is 0 Å². The van der Waals surface area contributed by atoms with Crippen LogP contribution in [0.15, 0.2) is 29.2 Å². The Bertz CT molecular complexity index is 531. The zero-order chi connectivity index (χ0) is 15.9. The zero-order valence-corrected chi connectivity index (χ0v) is 14.5. The largest absolute Gasteiger partial charge is 0.388 e. The molecule has 0 saturated carbocycles. The number of thioether (sulfide) groups is 1. The standard InChI is InChI=1S/C15H25NO3S2/c1-4-15(17)13-7-6-8-14(11-13)21(18,19)16-12(3)9-10-20-5-2/h6-8,11-12,15-17H,4-5,9-10H2,1-3H3. The molecule has 0 heterocycles. The van der Waals surface area contributed by atoms with E-state index in [1.165, 1.54) is 0 Å². The van der Waals surface area contributed by atoms with Crippen LogP contribution in [-0.4, -0.2) is 31.1 Å². The molecule has 2 unspecified atom stereocenters. The van der Waals surface area contributed by atoms with E-state index < -0.39 is 16.1 Å². The molecule has 0 amide bonds. The van der Waals surface area contributed by atoms with Crippen LogP contribution in [0, 0.1) is 0 Å². The molecular weight excluding hydrogens is 306 g/mol. The second-order valence-corrected chi connectivity index (χ2v) is 8.11. The number of rotatable bonds is 9. The summed E-state index contributed by atoms with van der Waals surface area (Å²) >= 11 is 1.80. The molecule has 0 saturated heterocycles. The molecule has 2 atom stereocenters. The maximum absolute atomic E-state index is 12.3. The zero-order valence-electron chi connectivity index (χ0n) is 12.9. The first-order valence-electron chi connectivity index (χ1n) is 7.28. The van der Waals surface area contributed by atoms with Gasteiger partial charge in [0, 0.05) is 6.04 Å². The van der Waals surface area contributed by atoms with Gasteiger partial charge in [-0.15, -0.1) is 0 Å². The number of sulfonamides is 1. The first-order valence-corrected chi connectivity index (χ1v) is 9.92. The van der Waals surface area contributed by atoms with Crippen LogP contribution >= 0.6 is 11.8 Å².